The molecule has 31 nitrogen and oxygen atoms in total. The number of aliphatic carboxylic acids is 1. The molecule has 16 atom stereocenters. The molecule has 0 radical (unpaired) electrons. The maximum atomic E-state index is 14.6. The van der Waals surface area contributed by atoms with Crippen LogP contribution < -0.4 is 76.1 Å². The van der Waals surface area contributed by atoms with E-state index in [1.807, 2.05) is 37.3 Å². The van der Waals surface area contributed by atoms with Crippen molar-refractivity contribution in [2.75, 3.05) is 26.7 Å². The Morgan fingerprint density at radius 2 is 1.09 bits per heavy atom. The van der Waals surface area contributed by atoms with Crippen LogP contribution in [0, 0.1) is 29.6 Å². The molecule has 1 fully saturated rings. The van der Waals surface area contributed by atoms with Crippen LogP contribution in [-0.2, 0) is 68.7 Å². The maximum Gasteiger partial charge on any atom is 0.329 e. The van der Waals surface area contributed by atoms with Crippen molar-refractivity contribution >= 4 is 82.8 Å². The zero-order chi connectivity index (χ0) is 71.6. The molecule has 95 heavy (non-hydrogen) atoms. The van der Waals surface area contributed by atoms with E-state index in [0.29, 0.717) is 25.7 Å². The maximum absolute atomic E-state index is 14.6. The number of likely N-dealkylation sites (N-methyl/N-ethyl adjacent to an activating group) is 1. The highest BCUT2D eigenvalue weighted by Crippen LogP contribution is 2.21. The van der Waals surface area contributed by atoms with Crippen LogP contribution in [0.5, 0.6) is 0 Å². The fourth-order valence-corrected chi connectivity index (χ4v) is 10.4. The number of aliphatic imine (C=N–C) groups is 2. The van der Waals surface area contributed by atoms with Gasteiger partial charge < -0.3 is 91.1 Å². The van der Waals surface area contributed by atoms with Crippen LogP contribution in [0.15, 0.2) is 40.3 Å². The topological polar surface area (TPSA) is 504 Å². The number of hydrogen-bond acceptors (Lipinski definition) is 17. The number of guanidine groups is 2. The summed E-state index contributed by atoms with van der Waals surface area (Å²) in [4.78, 5) is 177. The first-order chi connectivity index (χ1) is 44.9. The van der Waals surface area contributed by atoms with Crippen molar-refractivity contribution in [3.8, 4) is 0 Å². The van der Waals surface area contributed by atoms with Gasteiger partial charge in [-0.15, -0.1) is 0 Å². The summed E-state index contributed by atoms with van der Waals surface area (Å²) in [6.07, 6.45) is -0.664. The van der Waals surface area contributed by atoms with Gasteiger partial charge in [0.2, 0.25) is 53.2 Å². The van der Waals surface area contributed by atoms with Crippen molar-refractivity contribution < 1.29 is 72.5 Å². The monoisotopic (exact) mass is 1340 g/mol. The first kappa shape index (κ1) is 82.6. The zero-order valence-electron chi connectivity index (χ0n) is 57.1. The normalized spacial score (nSPS) is 20.4. The number of nitrogens with zero attached hydrogens (tertiary/aromatic N) is 2. The molecule has 0 aromatic heterocycles. The summed E-state index contributed by atoms with van der Waals surface area (Å²) < 4.78 is 5.82. The second-order valence-electron chi connectivity index (χ2n) is 24.6. The van der Waals surface area contributed by atoms with Crippen molar-refractivity contribution in [2.24, 2.45) is 62.5 Å². The molecule has 2 rings (SSSR count). The molecular formula is C64H108N16O15. The Bertz CT molecular complexity index is 2770. The van der Waals surface area contributed by atoms with E-state index in [1.54, 1.807) is 62.4 Å². The minimum atomic E-state index is -1.83. The third kappa shape index (κ3) is 28.2. The molecule has 534 valence electrons. The van der Waals surface area contributed by atoms with Crippen molar-refractivity contribution in [3.63, 3.8) is 0 Å². The number of aliphatic hydroxyl groups excluding tert-OH is 1. The number of nitrogens with one attached hydrogen (secondary N) is 10. The van der Waals surface area contributed by atoms with Crippen molar-refractivity contribution in [2.45, 2.75) is 226 Å². The number of benzene rings is 1. The van der Waals surface area contributed by atoms with Crippen LogP contribution in [0.1, 0.15) is 158 Å². The summed E-state index contributed by atoms with van der Waals surface area (Å²) >= 11 is 0. The van der Waals surface area contributed by atoms with Gasteiger partial charge in [0.15, 0.2) is 17.7 Å². The molecule has 31 heteroatoms. The predicted molar refractivity (Wildman–Crippen MR) is 356 cm³/mol. The van der Waals surface area contributed by atoms with Crippen LogP contribution >= 0.6 is 0 Å². The molecule has 0 spiro atoms. The molecule has 1 aliphatic heterocycles. The van der Waals surface area contributed by atoms with Gasteiger partial charge in [0, 0.05) is 31.8 Å². The molecule has 0 aliphatic carbocycles. The van der Waals surface area contributed by atoms with Gasteiger partial charge in [0.25, 0.3) is 0 Å². The second kappa shape index (κ2) is 42.8. The van der Waals surface area contributed by atoms with Crippen LogP contribution in [0.4, 0.5) is 0 Å². The Morgan fingerprint density at radius 1 is 0.611 bits per heavy atom. The number of rotatable bonds is 39. The molecule has 0 saturated carbocycles. The van der Waals surface area contributed by atoms with Crippen LogP contribution in [0.25, 0.3) is 0 Å². The highest BCUT2D eigenvalue weighted by Gasteiger charge is 2.41. The highest BCUT2D eigenvalue weighted by molar-refractivity contribution is 6.00. The highest BCUT2D eigenvalue weighted by atomic mass is 16.5. The summed E-state index contributed by atoms with van der Waals surface area (Å²) in [6.45, 7) is 15.8. The zero-order valence-corrected chi connectivity index (χ0v) is 57.1. The smallest absolute Gasteiger partial charge is 0.329 e. The average molecular weight is 1340 g/mol. The third-order valence-corrected chi connectivity index (χ3v) is 17.2. The number of aliphatic hydroxyl groups is 1. The molecule has 1 aromatic carbocycles. The first-order valence-electron chi connectivity index (χ1n) is 33.0. The number of esters is 1. The largest absolute Gasteiger partial charge is 0.481 e. The van der Waals surface area contributed by atoms with E-state index in [-0.39, 0.29) is 70.0 Å². The molecular weight excluding hydrogens is 1230 g/mol. The Morgan fingerprint density at radius 3 is 1.59 bits per heavy atom. The summed E-state index contributed by atoms with van der Waals surface area (Å²) in [6, 6.07) is -4.56. The van der Waals surface area contributed by atoms with Gasteiger partial charge in [-0.1, -0.05) is 125 Å². The van der Waals surface area contributed by atoms with E-state index in [2.05, 4.69) is 63.2 Å². The van der Waals surface area contributed by atoms with Gasteiger partial charge in [-0.25, -0.2) is 4.79 Å². The lowest BCUT2D eigenvalue weighted by atomic mass is 9.91. The van der Waals surface area contributed by atoms with E-state index in [0.717, 1.165) is 5.56 Å². The minimum Gasteiger partial charge on any atom is -0.481 e. The standard InChI is InChI=1S/C64H108N16O15/c1-12-22-41-55(87)79-51(37(9)16-5)62(94)95-38(10)52(46(82)32-40(53(85)72-41)25-20-29-70-63(65)66)80-58(90)45(33-81)75-60(92)49(35(7)14-3)78-61(93)50(36(8)15-4)76-56(88)43(27-28-47(83)84)73-54(86)42(26-21-30-71-64(67)68)74-59(91)48(34(6)13-2)77-57(89)44(69-11)31-39-23-18-17-19-24-39/h17-19,23-24,34-38,40-45,48-52,69,81H,12-16,20-22,25-33H2,1-11H3,(H,72,85)(H,73,86)(H,74,91)(H,75,92)(H,76,88)(H,77,89)(H,78,93)(H,79,87)(H,80,90)(H,83,84)(H4,65,66,70)(H4,67,68,71)/t34-,35-,36+,37-,38-,40+,41-,42-,43+,44+,45-,48-,49-,50+,51-,52+/m0/s1. The number of carboxylic acids is 1. The summed E-state index contributed by atoms with van der Waals surface area (Å²) in [5, 5.41) is 47.3. The number of carboxylic acid groups (broad SMARTS) is 1. The molecule has 1 aromatic rings. The van der Waals surface area contributed by atoms with Crippen LogP contribution in [0.3, 0.4) is 0 Å². The van der Waals surface area contributed by atoms with Gasteiger partial charge >= 0.3 is 11.9 Å². The van der Waals surface area contributed by atoms with Crippen molar-refractivity contribution in [1.82, 2.24) is 53.2 Å². The fraction of sp³-hybridized carbons (Fsp3) is 0.688. The lowest BCUT2D eigenvalue weighted by molar-refractivity contribution is -0.157. The Labute approximate surface area is 557 Å². The Balaban J connectivity index is 2.55. The van der Waals surface area contributed by atoms with Gasteiger partial charge in [0.1, 0.15) is 60.5 Å². The van der Waals surface area contributed by atoms with Gasteiger partial charge in [0.05, 0.1) is 12.6 Å². The summed E-state index contributed by atoms with van der Waals surface area (Å²) in [7, 11) is 1.61. The first-order valence-corrected chi connectivity index (χ1v) is 33.0. The number of hydrogen-bond donors (Lipinski definition) is 16. The predicted octanol–water partition coefficient (Wildman–Crippen LogP) is -1.35. The number of amides is 9. The number of ether oxygens (including phenoxy) is 1. The number of Topliss-reactive ketones (excluding diaryl/α,β-unsaturated/α-hetero) is 1. The van der Waals surface area contributed by atoms with Gasteiger partial charge in [-0.3, -0.25) is 62.7 Å². The van der Waals surface area contributed by atoms with Crippen LogP contribution in [-0.4, -0.2) is 186 Å². The molecule has 9 amide bonds. The molecule has 1 heterocycles. The lowest BCUT2D eigenvalue weighted by Crippen LogP contribution is -2.62. The summed E-state index contributed by atoms with van der Waals surface area (Å²) in [5.41, 5.74) is 23.0. The number of carbonyl (C=O) groups excluding carboxylic acids is 11. The van der Waals surface area contributed by atoms with E-state index in [4.69, 9.17) is 27.7 Å². The number of ketones is 1. The van der Waals surface area contributed by atoms with E-state index in [9.17, 15) is 67.7 Å². The van der Waals surface area contributed by atoms with Gasteiger partial charge in [-0.05, 0) is 88.2 Å². The quantitative estimate of drug-likeness (QED) is 0.0157. The molecule has 0 bridgehead atoms. The van der Waals surface area contributed by atoms with Crippen molar-refractivity contribution in [1.29, 1.82) is 0 Å². The lowest BCUT2D eigenvalue weighted by Gasteiger charge is -2.31. The minimum absolute atomic E-state index is 0.0184. The molecule has 1 aliphatic rings. The van der Waals surface area contributed by atoms with Crippen molar-refractivity contribution in [3.05, 3.63) is 35.9 Å². The fourth-order valence-electron chi connectivity index (χ4n) is 10.4. The Kier molecular flexibility index (Phi) is 37.2. The van der Waals surface area contributed by atoms with Gasteiger partial charge in [-0.2, -0.15) is 0 Å². The Hall–Kier alpha value is -8.48. The second-order valence-corrected chi connectivity index (χ2v) is 24.6. The van der Waals surface area contributed by atoms with E-state index in [1.165, 1.54) is 6.92 Å². The third-order valence-electron chi connectivity index (χ3n) is 17.2. The van der Waals surface area contributed by atoms with Crippen LogP contribution in [0.2, 0.25) is 0 Å². The molecule has 0 unspecified atom stereocenters. The molecule has 20 N–H and O–H groups in total. The average Bonchev–Trinajstić information content (AvgIpc) is 1.80. The molecule has 1 saturated heterocycles. The number of nitrogens with two attached hydrogens (primary N) is 4. The SMILES string of the molecule is CCC[C@@H]1NC(=O)[C@H](CCCN=C(N)N)CC(=O)[C@H](NC(=O)[C@H](CO)NC(=O)[C@@H](NC(=O)[C@H](NC(=O)[C@@H](CCC(=O)O)NC(=O)[C@H](CCCN=C(N)N)NC(=O)[C@@H](NC(=O)[C@@H](Cc2ccccc2)NC)[C@@H](C)CC)[C@H](C)CC)[C@@H](C)CC)[C@H](C)OC(=O)[C@H]([C@@H](C)CC)NC1=O. The number of carbonyl (C=O) groups is 12. The summed E-state index contributed by atoms with van der Waals surface area (Å²) in [5.74, 6) is -14.5. The number of cyclic esters (lactones) is 1. The van der Waals surface area contributed by atoms with E-state index >= 15 is 0 Å². The van der Waals surface area contributed by atoms with E-state index < -0.39 is 193 Å².